The minimum absolute atomic E-state index is 0.580. The van der Waals surface area contributed by atoms with Gasteiger partial charge in [-0.1, -0.05) is 13.8 Å². The molecule has 1 unspecified atom stereocenters. The maximum atomic E-state index is 4.46. The van der Waals surface area contributed by atoms with Gasteiger partial charge in [-0.3, -0.25) is 0 Å². The fraction of sp³-hybridized carbons (Fsp3) is 0.615. The molecule has 3 nitrogen and oxygen atoms in total. The highest BCUT2D eigenvalue weighted by atomic mass is 15.2. The Morgan fingerprint density at radius 1 is 1.50 bits per heavy atom. The molecule has 1 fully saturated rings. The van der Waals surface area contributed by atoms with Gasteiger partial charge in [-0.2, -0.15) is 0 Å². The number of nitrogens with one attached hydrogen (secondary N) is 1. The molecule has 0 radical (unpaired) electrons. The van der Waals surface area contributed by atoms with Crippen LogP contribution in [0, 0.1) is 12.8 Å². The van der Waals surface area contributed by atoms with Gasteiger partial charge in [0.15, 0.2) is 0 Å². The molecule has 0 aromatic carbocycles. The Balaban J connectivity index is 2.09. The summed E-state index contributed by atoms with van der Waals surface area (Å²) >= 11 is 0. The number of hydrogen-bond acceptors (Lipinski definition) is 3. The largest absolute Gasteiger partial charge is 0.354 e. The van der Waals surface area contributed by atoms with Crippen molar-refractivity contribution in [3.8, 4) is 0 Å². The van der Waals surface area contributed by atoms with E-state index < -0.39 is 0 Å². The van der Waals surface area contributed by atoms with Crippen molar-refractivity contribution in [3.63, 3.8) is 0 Å². The van der Waals surface area contributed by atoms with Gasteiger partial charge in [-0.25, -0.2) is 4.98 Å². The van der Waals surface area contributed by atoms with Crippen molar-refractivity contribution in [2.24, 2.45) is 5.92 Å². The maximum absolute atomic E-state index is 4.46. The molecule has 1 aromatic heterocycles. The number of pyridine rings is 1. The van der Waals surface area contributed by atoms with Gasteiger partial charge in [0, 0.05) is 31.9 Å². The Labute approximate surface area is 97.9 Å². The molecule has 1 aliphatic rings. The van der Waals surface area contributed by atoms with Crippen molar-refractivity contribution in [1.82, 2.24) is 10.3 Å². The Morgan fingerprint density at radius 2 is 2.31 bits per heavy atom. The van der Waals surface area contributed by atoms with Crippen LogP contribution in [0.2, 0.25) is 0 Å². The van der Waals surface area contributed by atoms with E-state index in [1.165, 1.54) is 5.56 Å². The SMILES string of the molecule is Cc1ccnc(N2CCNC(C(C)C)C2)c1. The predicted molar refractivity (Wildman–Crippen MR) is 67.8 cm³/mol. The van der Waals surface area contributed by atoms with Gasteiger partial charge in [0.05, 0.1) is 0 Å². The molecule has 1 N–H and O–H groups in total. The summed E-state index contributed by atoms with van der Waals surface area (Å²) in [6.45, 7) is 9.83. The summed E-state index contributed by atoms with van der Waals surface area (Å²) in [6, 6.07) is 4.80. The number of hydrogen-bond donors (Lipinski definition) is 1. The quantitative estimate of drug-likeness (QED) is 0.822. The van der Waals surface area contributed by atoms with E-state index in [9.17, 15) is 0 Å². The van der Waals surface area contributed by atoms with Gasteiger partial charge < -0.3 is 10.2 Å². The number of rotatable bonds is 2. The topological polar surface area (TPSA) is 28.2 Å². The second-order valence-corrected chi connectivity index (χ2v) is 4.94. The first-order chi connectivity index (χ1) is 7.66. The number of anilines is 1. The van der Waals surface area contributed by atoms with Crippen LogP contribution in [-0.4, -0.2) is 30.7 Å². The van der Waals surface area contributed by atoms with Gasteiger partial charge in [0.1, 0.15) is 5.82 Å². The lowest BCUT2D eigenvalue weighted by Crippen LogP contribution is -2.53. The molecule has 1 atom stereocenters. The van der Waals surface area contributed by atoms with Crippen LogP contribution >= 0.6 is 0 Å². The summed E-state index contributed by atoms with van der Waals surface area (Å²) in [5, 5.41) is 3.56. The number of piperazine rings is 1. The van der Waals surface area contributed by atoms with Crippen molar-refractivity contribution in [3.05, 3.63) is 23.9 Å². The lowest BCUT2D eigenvalue weighted by molar-refractivity contribution is 0.367. The fourth-order valence-corrected chi connectivity index (χ4v) is 2.13. The normalized spacial score (nSPS) is 21.5. The molecule has 1 saturated heterocycles. The van der Waals surface area contributed by atoms with E-state index in [0.717, 1.165) is 25.5 Å². The fourth-order valence-electron chi connectivity index (χ4n) is 2.13. The lowest BCUT2D eigenvalue weighted by Gasteiger charge is -2.36. The number of aryl methyl sites for hydroxylation is 1. The van der Waals surface area contributed by atoms with E-state index in [4.69, 9.17) is 0 Å². The van der Waals surface area contributed by atoms with Crippen LogP contribution in [0.4, 0.5) is 5.82 Å². The van der Waals surface area contributed by atoms with E-state index in [0.29, 0.717) is 12.0 Å². The highest BCUT2D eigenvalue weighted by molar-refractivity contribution is 5.41. The predicted octanol–water partition coefficient (Wildman–Crippen LogP) is 1.82. The van der Waals surface area contributed by atoms with Crippen LogP contribution in [0.15, 0.2) is 18.3 Å². The minimum Gasteiger partial charge on any atom is -0.354 e. The Bertz CT molecular complexity index is 349. The van der Waals surface area contributed by atoms with E-state index in [1.54, 1.807) is 0 Å². The first kappa shape index (κ1) is 11.4. The van der Waals surface area contributed by atoms with Crippen LogP contribution in [-0.2, 0) is 0 Å². The summed E-state index contributed by atoms with van der Waals surface area (Å²) in [4.78, 5) is 6.84. The van der Waals surface area contributed by atoms with Gasteiger partial charge >= 0.3 is 0 Å². The molecule has 3 heteroatoms. The molecule has 0 aliphatic carbocycles. The molecule has 0 amide bonds. The van der Waals surface area contributed by atoms with Gasteiger partial charge in [0.25, 0.3) is 0 Å². The number of nitrogens with zero attached hydrogens (tertiary/aromatic N) is 2. The zero-order valence-corrected chi connectivity index (χ0v) is 10.4. The third-order valence-corrected chi connectivity index (χ3v) is 3.24. The molecule has 2 rings (SSSR count). The standard InChI is InChI=1S/C13H21N3/c1-10(2)12-9-16(7-6-14-12)13-8-11(3)4-5-15-13/h4-5,8,10,12,14H,6-7,9H2,1-3H3. The third kappa shape index (κ3) is 2.53. The maximum Gasteiger partial charge on any atom is 0.128 e. The average Bonchev–Trinajstić information content (AvgIpc) is 2.29. The number of aromatic nitrogens is 1. The van der Waals surface area contributed by atoms with E-state index >= 15 is 0 Å². The van der Waals surface area contributed by atoms with Crippen LogP contribution in [0.5, 0.6) is 0 Å². The monoisotopic (exact) mass is 219 g/mol. The molecule has 0 spiro atoms. The Hall–Kier alpha value is -1.09. The highest BCUT2D eigenvalue weighted by Crippen LogP contribution is 2.16. The van der Waals surface area contributed by atoms with Gasteiger partial charge in [-0.05, 0) is 30.5 Å². The second kappa shape index (κ2) is 4.83. The Kier molecular flexibility index (Phi) is 3.44. The highest BCUT2D eigenvalue weighted by Gasteiger charge is 2.22. The molecule has 0 bridgehead atoms. The van der Waals surface area contributed by atoms with Crippen molar-refractivity contribution < 1.29 is 0 Å². The van der Waals surface area contributed by atoms with Crippen LogP contribution in [0.1, 0.15) is 19.4 Å². The summed E-state index contributed by atoms with van der Waals surface area (Å²) in [5.74, 6) is 1.79. The zero-order valence-electron chi connectivity index (χ0n) is 10.4. The Morgan fingerprint density at radius 3 is 3.00 bits per heavy atom. The summed E-state index contributed by atoms with van der Waals surface area (Å²) < 4.78 is 0. The zero-order chi connectivity index (χ0) is 11.5. The van der Waals surface area contributed by atoms with Crippen LogP contribution < -0.4 is 10.2 Å². The van der Waals surface area contributed by atoms with Crippen LogP contribution in [0.25, 0.3) is 0 Å². The summed E-state index contributed by atoms with van der Waals surface area (Å²) in [5.41, 5.74) is 1.28. The van der Waals surface area contributed by atoms with Crippen molar-refractivity contribution in [2.45, 2.75) is 26.8 Å². The first-order valence-electron chi connectivity index (χ1n) is 6.08. The average molecular weight is 219 g/mol. The molecule has 88 valence electrons. The van der Waals surface area contributed by atoms with Crippen molar-refractivity contribution >= 4 is 5.82 Å². The second-order valence-electron chi connectivity index (χ2n) is 4.94. The minimum atomic E-state index is 0.580. The smallest absolute Gasteiger partial charge is 0.128 e. The summed E-state index contributed by atoms with van der Waals surface area (Å²) in [7, 11) is 0. The van der Waals surface area contributed by atoms with Crippen LogP contribution in [0.3, 0.4) is 0 Å². The molecule has 0 saturated carbocycles. The molecular formula is C13H21N3. The summed E-state index contributed by atoms with van der Waals surface area (Å²) in [6.07, 6.45) is 1.90. The molecule has 1 aliphatic heterocycles. The van der Waals surface area contributed by atoms with Gasteiger partial charge in [0.2, 0.25) is 0 Å². The molecule has 16 heavy (non-hydrogen) atoms. The van der Waals surface area contributed by atoms with E-state index in [-0.39, 0.29) is 0 Å². The first-order valence-corrected chi connectivity index (χ1v) is 6.08. The lowest BCUT2D eigenvalue weighted by atomic mass is 10.0. The van der Waals surface area contributed by atoms with E-state index in [2.05, 4.69) is 42.0 Å². The molecular weight excluding hydrogens is 198 g/mol. The van der Waals surface area contributed by atoms with Crippen molar-refractivity contribution in [2.75, 3.05) is 24.5 Å². The molecule has 1 aromatic rings. The molecule has 2 heterocycles. The van der Waals surface area contributed by atoms with E-state index in [1.807, 2.05) is 12.3 Å². The third-order valence-electron chi connectivity index (χ3n) is 3.24. The van der Waals surface area contributed by atoms with Gasteiger partial charge in [-0.15, -0.1) is 0 Å². The van der Waals surface area contributed by atoms with Crippen molar-refractivity contribution in [1.29, 1.82) is 0 Å².